The smallest absolute Gasteiger partial charge is 0.0480 e. The van der Waals surface area contributed by atoms with Gasteiger partial charge in [0.05, 0.1) is 0 Å². The third kappa shape index (κ3) is 5.53. The summed E-state index contributed by atoms with van der Waals surface area (Å²) in [6.07, 6.45) is 4.51. The van der Waals surface area contributed by atoms with E-state index in [1.54, 1.807) is 0 Å². The third-order valence-electron chi connectivity index (χ3n) is 3.28. The maximum atomic E-state index is 5.34. The molecule has 96 valence electrons. The summed E-state index contributed by atoms with van der Waals surface area (Å²) in [5.74, 6) is 1.22. The SMILES string of the molecule is CSCC(C)N(C)CCNC1CCOCC1. The number of nitrogens with one attached hydrogen (secondary N) is 1. The Bertz CT molecular complexity index is 174. The van der Waals surface area contributed by atoms with Crippen LogP contribution >= 0.6 is 11.8 Å². The number of thioether (sulfide) groups is 1. The molecule has 0 aromatic carbocycles. The van der Waals surface area contributed by atoms with Crippen molar-refractivity contribution in [3.05, 3.63) is 0 Å². The largest absolute Gasteiger partial charge is 0.381 e. The molecule has 4 heteroatoms. The van der Waals surface area contributed by atoms with Gasteiger partial charge in [-0.15, -0.1) is 0 Å². The van der Waals surface area contributed by atoms with Crippen molar-refractivity contribution in [1.29, 1.82) is 0 Å². The molecule has 0 spiro atoms. The molecule has 0 aliphatic carbocycles. The third-order valence-corrected chi connectivity index (χ3v) is 4.09. The van der Waals surface area contributed by atoms with Crippen LogP contribution in [0.15, 0.2) is 0 Å². The minimum absolute atomic E-state index is 0.673. The highest BCUT2D eigenvalue weighted by Crippen LogP contribution is 2.06. The molecule has 0 aromatic heterocycles. The second kappa shape index (κ2) is 8.34. The highest BCUT2D eigenvalue weighted by Gasteiger charge is 2.13. The van der Waals surface area contributed by atoms with Gasteiger partial charge in [0.25, 0.3) is 0 Å². The lowest BCUT2D eigenvalue weighted by Gasteiger charge is -2.27. The van der Waals surface area contributed by atoms with Gasteiger partial charge in [-0.1, -0.05) is 0 Å². The van der Waals surface area contributed by atoms with E-state index >= 15 is 0 Å². The van der Waals surface area contributed by atoms with E-state index in [-0.39, 0.29) is 0 Å². The number of ether oxygens (including phenoxy) is 1. The van der Waals surface area contributed by atoms with Gasteiger partial charge in [0.2, 0.25) is 0 Å². The lowest BCUT2D eigenvalue weighted by molar-refractivity contribution is 0.0772. The molecule has 1 unspecified atom stereocenters. The van der Waals surface area contributed by atoms with Crippen LogP contribution < -0.4 is 5.32 Å². The summed E-state index contributed by atoms with van der Waals surface area (Å²) in [5.41, 5.74) is 0. The topological polar surface area (TPSA) is 24.5 Å². The van der Waals surface area contributed by atoms with Crippen LogP contribution in [0.5, 0.6) is 0 Å². The second-order valence-corrected chi connectivity index (χ2v) is 5.54. The molecule has 1 aliphatic heterocycles. The van der Waals surface area contributed by atoms with E-state index in [1.165, 1.54) is 18.6 Å². The normalized spacial score (nSPS) is 20.2. The molecule has 1 rings (SSSR count). The van der Waals surface area contributed by atoms with Crippen molar-refractivity contribution >= 4 is 11.8 Å². The van der Waals surface area contributed by atoms with E-state index in [9.17, 15) is 0 Å². The first kappa shape index (κ1) is 14.3. The summed E-state index contributed by atoms with van der Waals surface area (Å²) in [6, 6.07) is 1.35. The summed E-state index contributed by atoms with van der Waals surface area (Å²) in [4.78, 5) is 2.43. The number of hydrogen-bond donors (Lipinski definition) is 1. The van der Waals surface area contributed by atoms with Crippen molar-refractivity contribution in [1.82, 2.24) is 10.2 Å². The number of hydrogen-bond acceptors (Lipinski definition) is 4. The first-order valence-electron chi connectivity index (χ1n) is 6.24. The fraction of sp³-hybridized carbons (Fsp3) is 1.00. The van der Waals surface area contributed by atoms with E-state index in [1.807, 2.05) is 11.8 Å². The molecule has 0 bridgehead atoms. The average Bonchev–Trinajstić information content (AvgIpc) is 2.30. The molecule has 1 fully saturated rings. The van der Waals surface area contributed by atoms with Crippen molar-refractivity contribution in [2.45, 2.75) is 31.8 Å². The van der Waals surface area contributed by atoms with Crippen LogP contribution in [0.4, 0.5) is 0 Å². The van der Waals surface area contributed by atoms with Crippen LogP contribution in [0.25, 0.3) is 0 Å². The van der Waals surface area contributed by atoms with E-state index in [4.69, 9.17) is 4.74 Å². The van der Waals surface area contributed by atoms with Gasteiger partial charge in [0, 0.05) is 44.1 Å². The summed E-state index contributed by atoms with van der Waals surface area (Å²) >= 11 is 1.92. The molecular weight excluding hydrogens is 220 g/mol. The minimum atomic E-state index is 0.673. The predicted molar refractivity (Wildman–Crippen MR) is 72.3 cm³/mol. The summed E-state index contributed by atoms with van der Waals surface area (Å²) in [6.45, 7) is 6.39. The summed E-state index contributed by atoms with van der Waals surface area (Å²) in [5, 5.41) is 3.62. The van der Waals surface area contributed by atoms with Crippen LogP contribution in [0.2, 0.25) is 0 Å². The zero-order valence-corrected chi connectivity index (χ0v) is 11.7. The fourth-order valence-corrected chi connectivity index (χ4v) is 2.67. The Hall–Kier alpha value is 0.230. The molecule has 0 amide bonds. The van der Waals surface area contributed by atoms with Gasteiger partial charge in [-0.3, -0.25) is 0 Å². The number of nitrogens with zero attached hydrogens (tertiary/aromatic N) is 1. The van der Waals surface area contributed by atoms with Crippen molar-refractivity contribution in [3.8, 4) is 0 Å². The Morgan fingerprint density at radius 3 is 2.75 bits per heavy atom. The Labute approximate surface area is 104 Å². The molecule has 3 nitrogen and oxygen atoms in total. The van der Waals surface area contributed by atoms with Crippen molar-refractivity contribution < 1.29 is 4.74 Å². The molecular formula is C12H26N2OS. The second-order valence-electron chi connectivity index (χ2n) is 4.63. The highest BCUT2D eigenvalue weighted by molar-refractivity contribution is 7.98. The van der Waals surface area contributed by atoms with Gasteiger partial charge in [0.1, 0.15) is 0 Å². The molecule has 1 heterocycles. The van der Waals surface area contributed by atoms with Gasteiger partial charge in [-0.05, 0) is 33.1 Å². The van der Waals surface area contributed by atoms with Gasteiger partial charge < -0.3 is 15.0 Å². The lowest BCUT2D eigenvalue weighted by Crippen LogP contribution is -2.41. The molecule has 1 saturated heterocycles. The minimum Gasteiger partial charge on any atom is -0.381 e. The van der Waals surface area contributed by atoms with Crippen molar-refractivity contribution in [2.24, 2.45) is 0 Å². The van der Waals surface area contributed by atoms with Gasteiger partial charge in [0.15, 0.2) is 0 Å². The monoisotopic (exact) mass is 246 g/mol. The van der Waals surface area contributed by atoms with Crippen LogP contribution in [0.3, 0.4) is 0 Å². The highest BCUT2D eigenvalue weighted by atomic mass is 32.2. The molecule has 1 atom stereocenters. The Morgan fingerprint density at radius 1 is 1.44 bits per heavy atom. The molecule has 0 saturated carbocycles. The van der Waals surface area contributed by atoms with Crippen molar-refractivity contribution in [2.75, 3.05) is 45.4 Å². The Morgan fingerprint density at radius 2 is 2.12 bits per heavy atom. The Balaban J connectivity index is 2.04. The van der Waals surface area contributed by atoms with Crippen LogP contribution in [-0.4, -0.2) is 62.3 Å². The maximum absolute atomic E-state index is 5.34. The zero-order chi connectivity index (χ0) is 11.8. The first-order valence-corrected chi connectivity index (χ1v) is 7.63. The van der Waals surface area contributed by atoms with Crippen molar-refractivity contribution in [3.63, 3.8) is 0 Å². The van der Waals surface area contributed by atoms with Crippen LogP contribution in [-0.2, 0) is 4.74 Å². The molecule has 0 radical (unpaired) electrons. The quantitative estimate of drug-likeness (QED) is 0.735. The van der Waals surface area contributed by atoms with Gasteiger partial charge in [-0.2, -0.15) is 11.8 Å². The predicted octanol–water partition coefficient (Wildman–Crippen LogP) is 1.44. The molecule has 0 aromatic rings. The Kier molecular flexibility index (Phi) is 7.45. The molecule has 16 heavy (non-hydrogen) atoms. The standard InChI is InChI=1S/C12H26N2OS/c1-11(10-16-3)14(2)7-6-13-12-4-8-15-9-5-12/h11-13H,4-10H2,1-3H3. The van der Waals surface area contributed by atoms with E-state index in [2.05, 4.69) is 30.4 Å². The molecule has 1 N–H and O–H groups in total. The zero-order valence-electron chi connectivity index (χ0n) is 10.9. The summed E-state index contributed by atoms with van der Waals surface area (Å²) < 4.78 is 5.34. The van der Waals surface area contributed by atoms with Crippen LogP contribution in [0, 0.1) is 0 Å². The fourth-order valence-electron chi connectivity index (χ4n) is 1.94. The molecule has 1 aliphatic rings. The number of rotatable bonds is 7. The van der Waals surface area contributed by atoms with Gasteiger partial charge in [-0.25, -0.2) is 0 Å². The van der Waals surface area contributed by atoms with E-state index in [0.717, 1.165) is 26.3 Å². The number of likely N-dealkylation sites (N-methyl/N-ethyl adjacent to an activating group) is 1. The summed E-state index contributed by atoms with van der Waals surface area (Å²) in [7, 11) is 2.21. The maximum Gasteiger partial charge on any atom is 0.0480 e. The van der Waals surface area contributed by atoms with E-state index in [0.29, 0.717) is 12.1 Å². The van der Waals surface area contributed by atoms with E-state index < -0.39 is 0 Å². The average molecular weight is 246 g/mol. The lowest BCUT2D eigenvalue weighted by atomic mass is 10.1. The first-order chi connectivity index (χ1) is 7.74. The van der Waals surface area contributed by atoms with Gasteiger partial charge >= 0.3 is 0 Å². The van der Waals surface area contributed by atoms with Crippen LogP contribution in [0.1, 0.15) is 19.8 Å².